The van der Waals surface area contributed by atoms with Crippen LogP contribution in [0.1, 0.15) is 18.1 Å². The molecule has 0 fully saturated rings. The first-order chi connectivity index (χ1) is 12.1. The fourth-order valence-electron chi connectivity index (χ4n) is 2.53. The van der Waals surface area contributed by atoms with Crippen molar-refractivity contribution in [1.82, 2.24) is 0 Å². The standard InChI is InChI=1S/C21H25FO3/c1-3-13-24-20(14-17-9-11-19(22)12-10-17)21(23)16(2)25-15-18-7-5-4-6-8-18/h3-12,16,20-21,23H,1,13-15H2,2H3/t16-,20+,21-/m0/s1. The van der Waals surface area contributed by atoms with Crippen LogP contribution in [0.3, 0.4) is 0 Å². The molecule has 0 heterocycles. The maximum atomic E-state index is 13.1. The molecule has 2 rings (SSSR count). The lowest BCUT2D eigenvalue weighted by Crippen LogP contribution is -2.40. The van der Waals surface area contributed by atoms with Crippen LogP contribution in [0.5, 0.6) is 0 Å². The van der Waals surface area contributed by atoms with Gasteiger partial charge in [0.05, 0.1) is 25.4 Å². The van der Waals surface area contributed by atoms with E-state index >= 15 is 0 Å². The van der Waals surface area contributed by atoms with E-state index in [1.807, 2.05) is 37.3 Å². The highest BCUT2D eigenvalue weighted by molar-refractivity contribution is 5.17. The van der Waals surface area contributed by atoms with E-state index < -0.39 is 18.3 Å². The van der Waals surface area contributed by atoms with Gasteiger partial charge in [0.15, 0.2) is 0 Å². The first-order valence-corrected chi connectivity index (χ1v) is 8.40. The monoisotopic (exact) mass is 344 g/mol. The molecule has 0 saturated carbocycles. The molecule has 3 atom stereocenters. The van der Waals surface area contributed by atoms with Crippen LogP contribution in [0.25, 0.3) is 0 Å². The molecule has 0 bridgehead atoms. The predicted octanol–water partition coefficient (Wildman–Crippen LogP) is 3.91. The zero-order chi connectivity index (χ0) is 18.1. The Hall–Kier alpha value is -2.01. The van der Waals surface area contributed by atoms with E-state index in [0.29, 0.717) is 19.6 Å². The normalized spacial score (nSPS) is 14.7. The Labute approximate surface area is 148 Å². The van der Waals surface area contributed by atoms with Crippen molar-refractivity contribution in [2.24, 2.45) is 0 Å². The Balaban J connectivity index is 1.96. The first kappa shape index (κ1) is 19.3. The van der Waals surface area contributed by atoms with Gasteiger partial charge in [-0.1, -0.05) is 48.5 Å². The third-order valence-corrected chi connectivity index (χ3v) is 4.00. The van der Waals surface area contributed by atoms with E-state index in [1.165, 1.54) is 12.1 Å². The number of aliphatic hydroxyl groups is 1. The van der Waals surface area contributed by atoms with Crippen molar-refractivity contribution in [2.45, 2.75) is 38.3 Å². The summed E-state index contributed by atoms with van der Waals surface area (Å²) in [5.41, 5.74) is 1.94. The number of halogens is 1. The molecule has 0 saturated heterocycles. The summed E-state index contributed by atoms with van der Waals surface area (Å²) in [5, 5.41) is 10.6. The maximum absolute atomic E-state index is 13.1. The number of ether oxygens (including phenoxy) is 2. The van der Waals surface area contributed by atoms with Gasteiger partial charge in [-0.15, -0.1) is 6.58 Å². The highest BCUT2D eigenvalue weighted by Crippen LogP contribution is 2.16. The zero-order valence-electron chi connectivity index (χ0n) is 14.5. The molecular weight excluding hydrogens is 319 g/mol. The van der Waals surface area contributed by atoms with Crippen LogP contribution >= 0.6 is 0 Å². The summed E-state index contributed by atoms with van der Waals surface area (Å²) in [6, 6.07) is 16.0. The minimum Gasteiger partial charge on any atom is -0.388 e. The first-order valence-electron chi connectivity index (χ1n) is 8.40. The van der Waals surface area contributed by atoms with Crippen molar-refractivity contribution in [1.29, 1.82) is 0 Å². The van der Waals surface area contributed by atoms with Crippen LogP contribution < -0.4 is 0 Å². The van der Waals surface area contributed by atoms with Gasteiger partial charge in [-0.05, 0) is 30.2 Å². The topological polar surface area (TPSA) is 38.7 Å². The smallest absolute Gasteiger partial charge is 0.123 e. The minimum atomic E-state index is -0.811. The molecule has 2 aromatic rings. The van der Waals surface area contributed by atoms with Crippen molar-refractivity contribution < 1.29 is 19.0 Å². The van der Waals surface area contributed by atoms with Crippen molar-refractivity contribution in [3.05, 3.63) is 84.2 Å². The molecule has 0 unspecified atom stereocenters. The van der Waals surface area contributed by atoms with Crippen molar-refractivity contribution in [2.75, 3.05) is 6.61 Å². The zero-order valence-corrected chi connectivity index (χ0v) is 14.5. The molecule has 0 radical (unpaired) electrons. The quantitative estimate of drug-likeness (QED) is 0.664. The molecule has 0 aliphatic carbocycles. The van der Waals surface area contributed by atoms with Gasteiger partial charge in [0.2, 0.25) is 0 Å². The van der Waals surface area contributed by atoms with Crippen molar-refractivity contribution in [3.8, 4) is 0 Å². The van der Waals surface area contributed by atoms with E-state index in [4.69, 9.17) is 9.47 Å². The average molecular weight is 344 g/mol. The summed E-state index contributed by atoms with van der Waals surface area (Å²) >= 11 is 0. The van der Waals surface area contributed by atoms with Crippen LogP contribution in [0.15, 0.2) is 67.3 Å². The summed E-state index contributed by atoms with van der Waals surface area (Å²) in [4.78, 5) is 0. The van der Waals surface area contributed by atoms with Crippen molar-refractivity contribution >= 4 is 0 Å². The molecule has 0 aliphatic rings. The number of aliphatic hydroxyl groups excluding tert-OH is 1. The maximum Gasteiger partial charge on any atom is 0.123 e. The number of benzene rings is 2. The van der Waals surface area contributed by atoms with Gasteiger partial charge in [0.25, 0.3) is 0 Å². The molecule has 0 spiro atoms. The van der Waals surface area contributed by atoms with Gasteiger partial charge in [0, 0.05) is 6.42 Å². The average Bonchev–Trinajstić information content (AvgIpc) is 2.65. The summed E-state index contributed by atoms with van der Waals surface area (Å²) in [6.45, 7) is 6.21. The molecule has 25 heavy (non-hydrogen) atoms. The Morgan fingerprint density at radius 2 is 1.72 bits per heavy atom. The largest absolute Gasteiger partial charge is 0.388 e. The molecule has 2 aromatic carbocycles. The van der Waals surface area contributed by atoms with Crippen LogP contribution in [-0.4, -0.2) is 30.0 Å². The summed E-state index contributed by atoms with van der Waals surface area (Å²) in [7, 11) is 0. The van der Waals surface area contributed by atoms with E-state index in [9.17, 15) is 9.50 Å². The second-order valence-electron chi connectivity index (χ2n) is 5.98. The Kier molecular flexibility index (Phi) is 7.79. The molecule has 4 heteroatoms. The molecule has 1 N–H and O–H groups in total. The van der Waals surface area contributed by atoms with Gasteiger partial charge in [-0.2, -0.15) is 0 Å². The fourth-order valence-corrected chi connectivity index (χ4v) is 2.53. The van der Waals surface area contributed by atoms with Crippen molar-refractivity contribution in [3.63, 3.8) is 0 Å². The molecule has 0 aromatic heterocycles. The lowest BCUT2D eigenvalue weighted by Gasteiger charge is -2.28. The predicted molar refractivity (Wildman–Crippen MR) is 96.7 cm³/mol. The van der Waals surface area contributed by atoms with E-state index in [2.05, 4.69) is 6.58 Å². The Morgan fingerprint density at radius 1 is 1.04 bits per heavy atom. The second kappa shape index (κ2) is 10.1. The fraction of sp³-hybridized carbons (Fsp3) is 0.333. The lowest BCUT2D eigenvalue weighted by atomic mass is 10.0. The highest BCUT2D eigenvalue weighted by Gasteiger charge is 2.26. The van der Waals surface area contributed by atoms with E-state index in [-0.39, 0.29) is 5.82 Å². The third kappa shape index (κ3) is 6.42. The number of rotatable bonds is 10. The Bertz CT molecular complexity index is 627. The number of hydrogen-bond acceptors (Lipinski definition) is 3. The van der Waals surface area contributed by atoms with Gasteiger partial charge in [-0.3, -0.25) is 0 Å². The summed E-state index contributed by atoms with van der Waals surface area (Å²) in [5.74, 6) is -0.285. The van der Waals surface area contributed by atoms with Gasteiger partial charge < -0.3 is 14.6 Å². The van der Waals surface area contributed by atoms with Crippen LogP contribution in [-0.2, 0) is 22.5 Å². The second-order valence-corrected chi connectivity index (χ2v) is 5.98. The number of hydrogen-bond donors (Lipinski definition) is 1. The van der Waals surface area contributed by atoms with Gasteiger partial charge in [-0.25, -0.2) is 4.39 Å². The van der Waals surface area contributed by atoms with Gasteiger partial charge in [0.1, 0.15) is 11.9 Å². The molecule has 134 valence electrons. The van der Waals surface area contributed by atoms with Crippen LogP contribution in [0.2, 0.25) is 0 Å². The molecule has 3 nitrogen and oxygen atoms in total. The molecule has 0 aliphatic heterocycles. The minimum absolute atomic E-state index is 0.285. The molecular formula is C21H25FO3. The summed E-state index contributed by atoms with van der Waals surface area (Å²) < 4.78 is 24.6. The Morgan fingerprint density at radius 3 is 2.36 bits per heavy atom. The lowest BCUT2D eigenvalue weighted by molar-refractivity contribution is -0.104. The van der Waals surface area contributed by atoms with E-state index in [0.717, 1.165) is 11.1 Å². The molecule has 0 amide bonds. The highest BCUT2D eigenvalue weighted by atomic mass is 19.1. The van der Waals surface area contributed by atoms with E-state index in [1.54, 1.807) is 18.2 Å². The SMILES string of the molecule is C=CCO[C@H](Cc1ccc(F)cc1)[C@@H](O)[C@H](C)OCc1ccccc1. The van der Waals surface area contributed by atoms with Crippen LogP contribution in [0, 0.1) is 5.82 Å². The summed E-state index contributed by atoms with van der Waals surface area (Å²) in [6.07, 6.45) is 0.423. The van der Waals surface area contributed by atoms with Gasteiger partial charge >= 0.3 is 0 Å². The van der Waals surface area contributed by atoms with Crippen LogP contribution in [0.4, 0.5) is 4.39 Å². The third-order valence-electron chi connectivity index (χ3n) is 4.00.